The lowest BCUT2D eigenvalue weighted by Crippen LogP contribution is -2.49. The van der Waals surface area contributed by atoms with Crippen LogP contribution in [0.5, 0.6) is 0 Å². The first-order valence-corrected chi connectivity index (χ1v) is 20.4. The van der Waals surface area contributed by atoms with Gasteiger partial charge in [0, 0.05) is 48.6 Å². The Bertz CT molecular complexity index is 2020. The van der Waals surface area contributed by atoms with Gasteiger partial charge in [-0.2, -0.15) is 9.78 Å². The minimum Gasteiger partial charge on any atom is -0.395 e. The number of aliphatic hydroxyl groups is 1. The van der Waals surface area contributed by atoms with Crippen LogP contribution in [0.25, 0.3) is 0 Å². The van der Waals surface area contributed by atoms with Crippen molar-refractivity contribution in [2.24, 2.45) is 15.5 Å². The molecule has 2 aromatic carbocycles. The Hall–Kier alpha value is -4.14. The minimum absolute atomic E-state index is 0.0815. The van der Waals surface area contributed by atoms with Gasteiger partial charge in [-0.15, -0.1) is 10.2 Å². The van der Waals surface area contributed by atoms with Gasteiger partial charge in [-0.05, 0) is 87.9 Å². The molecule has 2 N–H and O–H groups in total. The molecule has 1 fully saturated rings. The molecule has 286 valence electrons. The zero-order valence-corrected chi connectivity index (χ0v) is 33.3. The molecule has 3 atom stereocenters. The molecule has 0 bridgehead atoms. The molecule has 1 aromatic heterocycles. The maximum Gasteiger partial charge on any atom is 0.254 e. The summed E-state index contributed by atoms with van der Waals surface area (Å²) in [4.78, 5) is 23.3. The van der Waals surface area contributed by atoms with Crippen LogP contribution in [0.3, 0.4) is 0 Å². The molecule has 0 spiro atoms. The van der Waals surface area contributed by atoms with Crippen molar-refractivity contribution < 1.29 is 23.1 Å². The molecule has 13 nitrogen and oxygen atoms in total. The average molecular weight is 747 g/mol. The topological polar surface area (TPSA) is 155 Å². The Morgan fingerprint density at radius 3 is 2.43 bits per heavy atom. The number of aryl methyl sites for hydroxylation is 1. The summed E-state index contributed by atoms with van der Waals surface area (Å²) in [5, 5.41) is 27.0. The standard InChI is InChI=1S/C39H54N8O5S/c1-10-52-33(27-11-13-28(14-12-27)45-16-19-53(50,51)20-17-45)37(49)40-26(4)35-42-43-36-32(34(38(5,6)7)44-47(35)36)41-30-22-29-25(3)23-39(8,9)46(15-18-48)31(29)21-24(30)2/h11-14,21-22,25-26,33,48H,10,15-20,23H2,1-9H3,(H,40,49). The van der Waals surface area contributed by atoms with Crippen molar-refractivity contribution in [1.29, 1.82) is 0 Å². The van der Waals surface area contributed by atoms with Crippen molar-refractivity contribution in [2.45, 2.75) is 92.3 Å². The van der Waals surface area contributed by atoms with Crippen LogP contribution in [0.2, 0.25) is 0 Å². The van der Waals surface area contributed by atoms with E-state index in [1.165, 1.54) is 5.56 Å². The highest BCUT2D eigenvalue weighted by Gasteiger charge is 2.39. The van der Waals surface area contributed by atoms with E-state index in [0.29, 0.717) is 55.1 Å². The maximum atomic E-state index is 13.8. The molecule has 0 saturated carbocycles. The Morgan fingerprint density at radius 1 is 1.13 bits per heavy atom. The molecule has 4 heterocycles. The van der Waals surface area contributed by atoms with Crippen molar-refractivity contribution in [3.8, 4) is 0 Å². The van der Waals surface area contributed by atoms with E-state index in [0.717, 1.165) is 34.8 Å². The molecule has 14 heteroatoms. The molecule has 3 aromatic rings. The number of ether oxygens (including phenoxy) is 1. The van der Waals surface area contributed by atoms with Gasteiger partial charge in [0.2, 0.25) is 5.82 Å². The number of anilines is 2. The molecule has 3 aliphatic rings. The zero-order valence-electron chi connectivity index (χ0n) is 32.5. The summed E-state index contributed by atoms with van der Waals surface area (Å²) in [6.45, 7) is 20.6. The second-order valence-electron chi connectivity index (χ2n) is 16.1. The number of carbonyl (C=O) groups excluding carboxylic acids is 1. The number of carbonyl (C=O) groups is 1. The SMILES string of the molecule is CCOC(C(=O)NC(C)c1nnc2n1N=C(C(C)(C)C)C2=Nc1cc2c(cc1C)N(CCO)C(C)(C)CC2C)c1ccc(N2CCS(=O)(=O)CC2)cc1. The summed E-state index contributed by atoms with van der Waals surface area (Å²) < 4.78 is 31.4. The first kappa shape index (κ1) is 38.6. The van der Waals surface area contributed by atoms with Gasteiger partial charge in [0.05, 0.1) is 35.6 Å². The molecule has 6 rings (SSSR count). The summed E-state index contributed by atoms with van der Waals surface area (Å²) in [5.41, 5.74) is 6.75. The van der Waals surface area contributed by atoms with Gasteiger partial charge in [-0.25, -0.2) is 13.4 Å². The second-order valence-corrected chi connectivity index (χ2v) is 18.4. The average Bonchev–Trinajstić information content (AvgIpc) is 3.66. The molecule has 1 saturated heterocycles. The first-order valence-electron chi connectivity index (χ1n) is 18.6. The number of nitrogens with one attached hydrogen (secondary N) is 1. The van der Waals surface area contributed by atoms with Crippen LogP contribution in [-0.4, -0.2) is 95.6 Å². The largest absolute Gasteiger partial charge is 0.395 e. The third-order valence-electron chi connectivity index (χ3n) is 10.5. The third-order valence-corrected chi connectivity index (χ3v) is 12.1. The molecule has 0 radical (unpaired) electrons. The lowest BCUT2D eigenvalue weighted by atomic mass is 9.79. The predicted molar refractivity (Wildman–Crippen MR) is 209 cm³/mol. The first-order chi connectivity index (χ1) is 24.9. The van der Waals surface area contributed by atoms with Crippen LogP contribution in [0.1, 0.15) is 108 Å². The van der Waals surface area contributed by atoms with E-state index in [4.69, 9.17) is 14.8 Å². The number of sulfone groups is 1. The minimum atomic E-state index is -2.99. The molecular formula is C39H54N8O5S. The van der Waals surface area contributed by atoms with E-state index >= 15 is 0 Å². The van der Waals surface area contributed by atoms with Crippen LogP contribution in [0.15, 0.2) is 46.5 Å². The summed E-state index contributed by atoms with van der Waals surface area (Å²) in [7, 11) is -2.99. The number of nitrogens with zero attached hydrogens (tertiary/aromatic N) is 7. The molecule has 0 aliphatic carbocycles. The summed E-state index contributed by atoms with van der Waals surface area (Å²) in [6.07, 6.45) is 0.0930. The van der Waals surface area contributed by atoms with Crippen molar-refractivity contribution >= 4 is 44.2 Å². The summed E-state index contributed by atoms with van der Waals surface area (Å²) in [6, 6.07) is 11.3. The van der Waals surface area contributed by atoms with E-state index in [9.17, 15) is 18.3 Å². The highest BCUT2D eigenvalue weighted by atomic mass is 32.2. The van der Waals surface area contributed by atoms with Gasteiger partial charge in [0.25, 0.3) is 5.91 Å². The highest BCUT2D eigenvalue weighted by Crippen LogP contribution is 2.46. The van der Waals surface area contributed by atoms with Gasteiger partial charge in [-0.3, -0.25) is 4.79 Å². The lowest BCUT2D eigenvalue weighted by Gasteiger charge is -2.47. The van der Waals surface area contributed by atoms with Crippen molar-refractivity contribution in [3.05, 3.63) is 64.7 Å². The van der Waals surface area contributed by atoms with E-state index < -0.39 is 22.0 Å². The Balaban J connectivity index is 1.26. The van der Waals surface area contributed by atoms with Crippen LogP contribution in [-0.2, 0) is 19.4 Å². The molecule has 53 heavy (non-hydrogen) atoms. The van der Waals surface area contributed by atoms with Gasteiger partial charge in [0.1, 0.15) is 5.71 Å². The van der Waals surface area contributed by atoms with Gasteiger partial charge < -0.3 is 25.0 Å². The molecule has 3 aliphatic heterocycles. The van der Waals surface area contributed by atoms with Crippen molar-refractivity contribution in [3.63, 3.8) is 0 Å². The summed E-state index contributed by atoms with van der Waals surface area (Å²) in [5.74, 6) is 1.24. The lowest BCUT2D eigenvalue weighted by molar-refractivity contribution is -0.133. The van der Waals surface area contributed by atoms with E-state index in [-0.39, 0.29) is 35.0 Å². The van der Waals surface area contributed by atoms with E-state index in [1.807, 2.05) is 43.0 Å². The predicted octanol–water partition coefficient (Wildman–Crippen LogP) is 5.25. The maximum absolute atomic E-state index is 13.8. The van der Waals surface area contributed by atoms with Gasteiger partial charge in [-0.1, -0.05) is 39.8 Å². The Morgan fingerprint density at radius 2 is 1.81 bits per heavy atom. The number of hydrogen-bond acceptors (Lipinski definition) is 11. The Kier molecular flexibility index (Phi) is 10.6. The van der Waals surface area contributed by atoms with Crippen molar-refractivity contribution in [1.82, 2.24) is 20.2 Å². The fraction of sp³-hybridized carbons (Fsp3) is 0.564. The van der Waals surface area contributed by atoms with Crippen LogP contribution >= 0.6 is 0 Å². The Labute approximate surface area is 313 Å². The van der Waals surface area contributed by atoms with Crippen LogP contribution in [0.4, 0.5) is 17.1 Å². The zero-order chi connectivity index (χ0) is 38.5. The summed E-state index contributed by atoms with van der Waals surface area (Å²) >= 11 is 0. The second kappa shape index (κ2) is 14.6. The smallest absolute Gasteiger partial charge is 0.254 e. The number of aliphatic imine (C=N–C) groups is 1. The molecular weight excluding hydrogens is 693 g/mol. The number of aromatic nitrogens is 3. The van der Waals surface area contributed by atoms with E-state index in [2.05, 4.69) is 81.0 Å². The number of β-amino-alcohol motifs (C(OH)–C–C–N with tert-alkyl or cyclic N) is 1. The number of hydrogen-bond donors (Lipinski definition) is 2. The number of rotatable bonds is 10. The van der Waals surface area contributed by atoms with Crippen LogP contribution < -0.4 is 15.1 Å². The number of benzene rings is 2. The molecule has 1 amide bonds. The fourth-order valence-corrected chi connectivity index (χ4v) is 8.93. The number of amides is 1. The van der Waals surface area contributed by atoms with Crippen LogP contribution in [0, 0.1) is 12.3 Å². The van der Waals surface area contributed by atoms with Gasteiger partial charge >= 0.3 is 0 Å². The number of aliphatic hydroxyl groups excluding tert-OH is 1. The third kappa shape index (κ3) is 7.76. The van der Waals surface area contributed by atoms with Gasteiger partial charge in [0.15, 0.2) is 21.8 Å². The molecule has 3 unspecified atom stereocenters. The highest BCUT2D eigenvalue weighted by molar-refractivity contribution is 7.91. The normalized spacial score (nSPS) is 21.2. The monoisotopic (exact) mass is 746 g/mol. The fourth-order valence-electron chi connectivity index (χ4n) is 7.73. The van der Waals surface area contributed by atoms with Crippen molar-refractivity contribution in [2.75, 3.05) is 54.2 Å². The quantitative estimate of drug-likeness (QED) is 0.283. The van der Waals surface area contributed by atoms with E-state index in [1.54, 1.807) is 4.68 Å². The number of fused-ring (bicyclic) bond motifs is 2.